The number of benzene rings is 3. The van der Waals surface area contributed by atoms with Gasteiger partial charge in [0.2, 0.25) is 0 Å². The van der Waals surface area contributed by atoms with Crippen LogP contribution in [0.5, 0.6) is 11.5 Å². The summed E-state index contributed by atoms with van der Waals surface area (Å²) in [5.41, 5.74) is 4.61. The highest BCUT2D eigenvalue weighted by atomic mass is 35.5. The molecule has 4 aromatic rings. The first-order valence-electron chi connectivity index (χ1n) is 9.90. The van der Waals surface area contributed by atoms with Crippen molar-refractivity contribution in [2.75, 3.05) is 13.7 Å². The molecule has 8 heteroatoms. The van der Waals surface area contributed by atoms with Gasteiger partial charge in [-0.1, -0.05) is 59.6 Å². The second kappa shape index (κ2) is 9.12. The summed E-state index contributed by atoms with van der Waals surface area (Å²) in [5.74, 6) is 0.671. The molecule has 0 aliphatic rings. The minimum atomic E-state index is -4.39. The van der Waals surface area contributed by atoms with Crippen LogP contribution in [0.4, 0.5) is 13.2 Å². The number of ether oxygens (including phenoxy) is 2. The first-order valence-corrected chi connectivity index (χ1v) is 10.7. The van der Waals surface area contributed by atoms with Crippen molar-refractivity contribution in [3.8, 4) is 33.8 Å². The third-order valence-corrected chi connectivity index (χ3v) is 5.81. The number of hydrogen-bond donors (Lipinski definition) is 0. The van der Waals surface area contributed by atoms with E-state index < -0.39 is 12.8 Å². The van der Waals surface area contributed by atoms with Crippen LogP contribution in [0, 0.1) is 6.92 Å². The van der Waals surface area contributed by atoms with Gasteiger partial charge < -0.3 is 9.47 Å². The highest BCUT2D eigenvalue weighted by Gasteiger charge is 2.28. The van der Waals surface area contributed by atoms with E-state index in [0.29, 0.717) is 26.7 Å². The maximum atomic E-state index is 12.4. The van der Waals surface area contributed by atoms with Crippen molar-refractivity contribution in [2.45, 2.75) is 13.1 Å². The number of nitrogens with zero attached hydrogens (tertiary/aromatic N) is 1. The van der Waals surface area contributed by atoms with E-state index in [1.165, 1.54) is 13.2 Å². The SMILES string of the molecule is COc1cc2nc(C)c(-c3ccc(-c4cccc(OCC(F)(F)F)c4)cc3)c(Cl)c2cc1Cl. The molecule has 1 heterocycles. The van der Waals surface area contributed by atoms with Crippen molar-refractivity contribution in [1.82, 2.24) is 4.98 Å². The first kappa shape index (κ1) is 23.2. The molecule has 0 fully saturated rings. The Morgan fingerprint density at radius 3 is 2.27 bits per heavy atom. The van der Waals surface area contributed by atoms with Gasteiger partial charge >= 0.3 is 6.18 Å². The Morgan fingerprint density at radius 1 is 0.909 bits per heavy atom. The zero-order chi connectivity index (χ0) is 23.8. The van der Waals surface area contributed by atoms with E-state index in [2.05, 4.69) is 4.98 Å². The number of pyridine rings is 1. The Kier molecular flexibility index (Phi) is 6.41. The largest absolute Gasteiger partial charge is 0.495 e. The minimum absolute atomic E-state index is 0.152. The first-order chi connectivity index (χ1) is 15.7. The summed E-state index contributed by atoms with van der Waals surface area (Å²) in [6, 6.07) is 17.5. The molecule has 0 saturated heterocycles. The molecule has 0 N–H and O–H groups in total. The van der Waals surface area contributed by atoms with Crippen LogP contribution in [0.15, 0.2) is 60.7 Å². The number of rotatable bonds is 5. The molecular weight excluding hydrogens is 474 g/mol. The molecule has 3 nitrogen and oxygen atoms in total. The molecule has 0 amide bonds. The molecule has 0 radical (unpaired) electrons. The lowest BCUT2D eigenvalue weighted by Gasteiger charge is -2.14. The second-order valence-electron chi connectivity index (χ2n) is 7.40. The van der Waals surface area contributed by atoms with Gasteiger partial charge in [-0.15, -0.1) is 0 Å². The van der Waals surface area contributed by atoms with Crippen molar-refractivity contribution in [2.24, 2.45) is 0 Å². The van der Waals surface area contributed by atoms with Crippen LogP contribution < -0.4 is 9.47 Å². The topological polar surface area (TPSA) is 31.4 Å². The Hall–Kier alpha value is -2.96. The summed E-state index contributed by atoms with van der Waals surface area (Å²) < 4.78 is 47.4. The molecule has 3 aromatic carbocycles. The van der Waals surface area contributed by atoms with E-state index >= 15 is 0 Å². The van der Waals surface area contributed by atoms with Crippen LogP contribution in [0.2, 0.25) is 10.0 Å². The van der Waals surface area contributed by atoms with E-state index in [1.807, 2.05) is 31.2 Å². The van der Waals surface area contributed by atoms with E-state index in [0.717, 1.165) is 27.9 Å². The Bertz CT molecular complexity index is 1320. The summed E-state index contributed by atoms with van der Waals surface area (Å²) in [6.45, 7) is 0.537. The van der Waals surface area contributed by atoms with Crippen LogP contribution in [0.3, 0.4) is 0 Å². The average Bonchev–Trinajstić information content (AvgIpc) is 2.78. The van der Waals surface area contributed by atoms with Gasteiger partial charge in [-0.25, -0.2) is 0 Å². The van der Waals surface area contributed by atoms with Gasteiger partial charge in [-0.3, -0.25) is 4.98 Å². The molecule has 0 aliphatic heterocycles. The molecule has 0 saturated carbocycles. The van der Waals surface area contributed by atoms with Crippen molar-refractivity contribution in [3.63, 3.8) is 0 Å². The second-order valence-corrected chi connectivity index (χ2v) is 8.18. The smallest absolute Gasteiger partial charge is 0.422 e. The molecule has 0 atom stereocenters. The standard InChI is InChI=1S/C25H18Cl2F3NO2/c1-14-23(24(27)19-11-20(26)22(32-2)12-21(19)31-14)16-8-6-15(7-9-16)17-4-3-5-18(10-17)33-13-25(28,29)30/h3-12H,13H2,1-2H3. The van der Waals surface area contributed by atoms with Crippen LogP contribution >= 0.6 is 23.2 Å². The normalized spacial score (nSPS) is 11.6. The molecule has 0 bridgehead atoms. The maximum absolute atomic E-state index is 12.4. The molecule has 33 heavy (non-hydrogen) atoms. The average molecular weight is 492 g/mol. The Labute approximate surface area is 198 Å². The van der Waals surface area contributed by atoms with Crippen LogP contribution in [0.25, 0.3) is 33.2 Å². The van der Waals surface area contributed by atoms with Crippen molar-refractivity contribution < 1.29 is 22.6 Å². The number of hydrogen-bond acceptors (Lipinski definition) is 3. The highest BCUT2D eigenvalue weighted by Crippen LogP contribution is 2.40. The number of alkyl halides is 3. The van der Waals surface area contributed by atoms with Crippen LogP contribution in [0.1, 0.15) is 5.69 Å². The molecule has 170 valence electrons. The molecule has 0 spiro atoms. The van der Waals surface area contributed by atoms with E-state index in [4.69, 9.17) is 32.7 Å². The molecule has 4 rings (SSSR count). The van der Waals surface area contributed by atoms with Crippen LogP contribution in [-0.2, 0) is 0 Å². The number of aromatic nitrogens is 1. The van der Waals surface area contributed by atoms with Gasteiger partial charge in [0.1, 0.15) is 11.5 Å². The van der Waals surface area contributed by atoms with E-state index in [1.54, 1.807) is 30.3 Å². The number of aryl methyl sites for hydroxylation is 1. The van der Waals surface area contributed by atoms with Crippen LogP contribution in [-0.4, -0.2) is 24.9 Å². The molecular formula is C25H18Cl2F3NO2. The number of methoxy groups -OCH3 is 1. The number of halogens is 5. The summed E-state index contributed by atoms with van der Waals surface area (Å²) in [4.78, 5) is 4.66. The predicted molar refractivity (Wildman–Crippen MR) is 125 cm³/mol. The van der Waals surface area contributed by atoms with Crippen molar-refractivity contribution >= 4 is 34.1 Å². The van der Waals surface area contributed by atoms with Gasteiger partial charge in [-0.2, -0.15) is 13.2 Å². The Morgan fingerprint density at radius 2 is 1.61 bits per heavy atom. The fourth-order valence-corrected chi connectivity index (χ4v) is 4.23. The number of fused-ring (bicyclic) bond motifs is 1. The van der Waals surface area contributed by atoms with E-state index in [9.17, 15) is 13.2 Å². The minimum Gasteiger partial charge on any atom is -0.495 e. The van der Waals surface area contributed by atoms with Gasteiger partial charge in [-0.05, 0) is 41.8 Å². The van der Waals surface area contributed by atoms with Gasteiger partial charge in [0, 0.05) is 22.7 Å². The fraction of sp³-hybridized carbons (Fsp3) is 0.160. The van der Waals surface area contributed by atoms with Crippen molar-refractivity contribution in [1.29, 1.82) is 0 Å². The zero-order valence-corrected chi connectivity index (χ0v) is 19.1. The zero-order valence-electron chi connectivity index (χ0n) is 17.6. The molecule has 1 aromatic heterocycles. The summed E-state index contributed by atoms with van der Waals surface area (Å²) in [6.07, 6.45) is -4.39. The summed E-state index contributed by atoms with van der Waals surface area (Å²) in [7, 11) is 1.54. The van der Waals surface area contributed by atoms with Gasteiger partial charge in [0.15, 0.2) is 6.61 Å². The lowest BCUT2D eigenvalue weighted by molar-refractivity contribution is -0.153. The summed E-state index contributed by atoms with van der Waals surface area (Å²) >= 11 is 13.0. The lowest BCUT2D eigenvalue weighted by Crippen LogP contribution is -2.19. The monoisotopic (exact) mass is 491 g/mol. The maximum Gasteiger partial charge on any atom is 0.422 e. The molecule has 0 unspecified atom stereocenters. The lowest BCUT2D eigenvalue weighted by atomic mass is 9.98. The Balaban J connectivity index is 1.68. The summed E-state index contributed by atoms with van der Waals surface area (Å²) in [5, 5.41) is 1.67. The van der Waals surface area contributed by atoms with Gasteiger partial charge in [0.05, 0.1) is 22.7 Å². The quantitative estimate of drug-likeness (QED) is 0.282. The highest BCUT2D eigenvalue weighted by molar-refractivity contribution is 6.39. The fourth-order valence-electron chi connectivity index (χ4n) is 3.59. The van der Waals surface area contributed by atoms with E-state index in [-0.39, 0.29) is 5.75 Å². The van der Waals surface area contributed by atoms with Crippen molar-refractivity contribution in [3.05, 3.63) is 76.4 Å². The van der Waals surface area contributed by atoms with Gasteiger partial charge in [0.25, 0.3) is 0 Å². The third kappa shape index (κ3) is 5.02. The predicted octanol–water partition coefficient (Wildman–Crippen LogP) is 8.13. The third-order valence-electron chi connectivity index (χ3n) is 5.12. The molecule has 0 aliphatic carbocycles.